The summed E-state index contributed by atoms with van der Waals surface area (Å²) in [6.07, 6.45) is -2.17. The first-order chi connectivity index (χ1) is 17.2. The zero-order valence-corrected chi connectivity index (χ0v) is 20.4. The van der Waals surface area contributed by atoms with Crippen LogP contribution in [-0.4, -0.2) is 51.6 Å². The van der Waals surface area contributed by atoms with Gasteiger partial charge < -0.3 is 9.45 Å². The van der Waals surface area contributed by atoms with Gasteiger partial charge in [-0.2, -0.15) is 22.9 Å². The summed E-state index contributed by atoms with van der Waals surface area (Å²) in [4.78, 5) is 13.2. The van der Waals surface area contributed by atoms with E-state index in [0.717, 1.165) is 38.3 Å². The third-order valence-electron chi connectivity index (χ3n) is 6.52. The van der Waals surface area contributed by atoms with E-state index in [1.54, 1.807) is 12.1 Å². The summed E-state index contributed by atoms with van der Waals surface area (Å²) in [7, 11) is 0. The Bertz CT molecular complexity index is 1250. The van der Waals surface area contributed by atoms with Crippen molar-refractivity contribution in [3.63, 3.8) is 0 Å². The first-order valence-electron chi connectivity index (χ1n) is 11.7. The van der Waals surface area contributed by atoms with E-state index in [4.69, 9.17) is 0 Å². The monoisotopic (exact) mass is 519 g/mol. The highest BCUT2D eigenvalue weighted by Gasteiger charge is 2.36. The van der Waals surface area contributed by atoms with Gasteiger partial charge in [0, 0.05) is 43.9 Å². The molecule has 1 aliphatic carbocycles. The van der Waals surface area contributed by atoms with Crippen LogP contribution < -0.4 is 9.62 Å². The molecule has 1 saturated carbocycles. The second kappa shape index (κ2) is 9.87. The number of nitrogens with one attached hydrogen (secondary N) is 1. The Morgan fingerprint density at radius 2 is 1.69 bits per heavy atom. The minimum atomic E-state index is -4.70. The van der Waals surface area contributed by atoms with E-state index in [-0.39, 0.29) is 22.0 Å². The maximum atomic E-state index is 14.1. The van der Waals surface area contributed by atoms with E-state index in [0.29, 0.717) is 11.9 Å². The fraction of sp³-hybridized carbons (Fsp3) is 0.360. The lowest BCUT2D eigenvalue weighted by Crippen LogP contribution is -2.47. The molecule has 36 heavy (non-hydrogen) atoms. The Kier molecular flexibility index (Phi) is 6.80. The molecule has 3 heterocycles. The van der Waals surface area contributed by atoms with Crippen LogP contribution in [0.5, 0.6) is 0 Å². The fourth-order valence-electron chi connectivity index (χ4n) is 4.40. The average molecular weight is 520 g/mol. The minimum Gasteiger partial charge on any atom is -0.587 e. The smallest absolute Gasteiger partial charge is 0.418 e. The maximum absolute atomic E-state index is 14.1. The number of halogens is 4. The molecule has 190 valence electrons. The predicted molar refractivity (Wildman–Crippen MR) is 130 cm³/mol. The summed E-state index contributed by atoms with van der Waals surface area (Å²) in [6.45, 7) is 4.95. The number of benzene rings is 1. The number of aromatic nitrogens is 2. The number of hydrogen-bond acceptors (Lipinski definition) is 6. The standard InChI is InChI=1S/C25H25F4N5OS/c1-16-18(4-2-5-20(16)26)24-19(25(27,28)29)10-11-21(30-24)32-36(35)23-7-3-6-22(31-23)34-14-12-33(13-15-34)17-8-9-17/h2-7,10-11,17H,8-9,12-15H2,1H3,(H,30,32). The lowest BCUT2D eigenvalue weighted by Gasteiger charge is -2.35. The van der Waals surface area contributed by atoms with E-state index in [1.165, 1.54) is 38.0 Å². The summed E-state index contributed by atoms with van der Waals surface area (Å²) < 4.78 is 70.8. The van der Waals surface area contributed by atoms with Crippen molar-refractivity contribution in [1.29, 1.82) is 0 Å². The molecule has 0 spiro atoms. The zero-order chi connectivity index (χ0) is 25.4. The Morgan fingerprint density at radius 3 is 2.39 bits per heavy atom. The molecule has 1 N–H and O–H groups in total. The molecule has 1 aromatic carbocycles. The normalized spacial score (nSPS) is 17.8. The quantitative estimate of drug-likeness (QED) is 0.364. The van der Waals surface area contributed by atoms with Crippen molar-refractivity contribution in [2.24, 2.45) is 0 Å². The van der Waals surface area contributed by atoms with Crippen LogP contribution in [-0.2, 0) is 17.5 Å². The molecule has 3 aromatic rings. The van der Waals surface area contributed by atoms with E-state index >= 15 is 0 Å². The molecule has 5 rings (SSSR count). The van der Waals surface area contributed by atoms with E-state index in [1.807, 2.05) is 6.07 Å². The van der Waals surface area contributed by atoms with Gasteiger partial charge in [-0.15, -0.1) is 0 Å². The lowest BCUT2D eigenvalue weighted by molar-refractivity contribution is -0.137. The molecule has 0 radical (unpaired) electrons. The molecule has 1 atom stereocenters. The number of rotatable bonds is 6. The van der Waals surface area contributed by atoms with Gasteiger partial charge in [0.25, 0.3) is 5.03 Å². The summed E-state index contributed by atoms with van der Waals surface area (Å²) in [5, 5.41) is 0.238. The van der Waals surface area contributed by atoms with Crippen LogP contribution >= 0.6 is 0 Å². The number of anilines is 2. The van der Waals surface area contributed by atoms with Crippen LogP contribution in [0.25, 0.3) is 11.3 Å². The third-order valence-corrected chi connectivity index (χ3v) is 7.52. The van der Waals surface area contributed by atoms with Gasteiger partial charge in [-0.3, -0.25) is 4.90 Å². The minimum absolute atomic E-state index is 0.0159. The molecule has 1 saturated heterocycles. The first kappa shape index (κ1) is 24.8. The van der Waals surface area contributed by atoms with Gasteiger partial charge in [0.15, 0.2) is 5.82 Å². The van der Waals surface area contributed by atoms with Crippen molar-refractivity contribution < 1.29 is 22.1 Å². The molecule has 6 nitrogen and oxygen atoms in total. The van der Waals surface area contributed by atoms with Crippen molar-refractivity contribution in [3.8, 4) is 11.3 Å². The molecule has 2 fully saturated rings. The van der Waals surface area contributed by atoms with Crippen LogP contribution in [0.4, 0.5) is 29.2 Å². The van der Waals surface area contributed by atoms with Gasteiger partial charge in [-0.25, -0.2) is 9.37 Å². The van der Waals surface area contributed by atoms with Crippen LogP contribution in [0.3, 0.4) is 0 Å². The summed E-state index contributed by atoms with van der Waals surface area (Å²) in [5.74, 6) is 0.0307. The van der Waals surface area contributed by atoms with Crippen LogP contribution in [0, 0.1) is 12.7 Å². The van der Waals surface area contributed by atoms with Gasteiger partial charge in [0.1, 0.15) is 23.0 Å². The Hall–Kier alpha value is -2.89. The first-order valence-corrected chi connectivity index (χ1v) is 12.8. The Labute approximate surface area is 209 Å². The largest absolute Gasteiger partial charge is 0.587 e. The summed E-state index contributed by atoms with van der Waals surface area (Å²) in [6, 6.07) is 11.8. The van der Waals surface area contributed by atoms with Crippen LogP contribution in [0.15, 0.2) is 53.6 Å². The highest BCUT2D eigenvalue weighted by Crippen LogP contribution is 2.38. The number of piperazine rings is 1. The predicted octanol–water partition coefficient (Wildman–Crippen LogP) is 5.03. The molecule has 0 amide bonds. The van der Waals surface area contributed by atoms with Crippen molar-refractivity contribution in [3.05, 3.63) is 65.5 Å². The molecular formula is C25H25F4N5OS. The van der Waals surface area contributed by atoms with Crippen molar-refractivity contribution in [1.82, 2.24) is 14.9 Å². The molecular weight excluding hydrogens is 494 g/mol. The lowest BCUT2D eigenvalue weighted by atomic mass is 10.0. The number of hydrogen-bond donors (Lipinski definition) is 1. The Balaban J connectivity index is 1.37. The molecule has 1 aliphatic heterocycles. The van der Waals surface area contributed by atoms with Crippen LogP contribution in [0.1, 0.15) is 24.0 Å². The van der Waals surface area contributed by atoms with Gasteiger partial charge in [0.2, 0.25) is 0 Å². The topological polar surface area (TPSA) is 67.4 Å². The molecule has 2 aliphatic rings. The van der Waals surface area contributed by atoms with E-state index < -0.39 is 34.6 Å². The van der Waals surface area contributed by atoms with Gasteiger partial charge >= 0.3 is 6.18 Å². The highest BCUT2D eigenvalue weighted by molar-refractivity contribution is 7.92. The molecule has 1 unspecified atom stereocenters. The molecule has 2 aromatic heterocycles. The highest BCUT2D eigenvalue weighted by atomic mass is 32.2. The molecule has 11 heteroatoms. The Morgan fingerprint density at radius 1 is 0.972 bits per heavy atom. The van der Waals surface area contributed by atoms with Crippen LogP contribution in [0.2, 0.25) is 0 Å². The number of nitrogens with zero attached hydrogens (tertiary/aromatic N) is 4. The van der Waals surface area contributed by atoms with Gasteiger partial charge in [0.05, 0.1) is 11.3 Å². The van der Waals surface area contributed by atoms with Gasteiger partial charge in [-0.05, 0) is 49.6 Å². The van der Waals surface area contributed by atoms with E-state index in [2.05, 4.69) is 24.5 Å². The average Bonchev–Trinajstić information content (AvgIpc) is 3.71. The number of pyridine rings is 2. The van der Waals surface area contributed by atoms with E-state index in [9.17, 15) is 22.1 Å². The zero-order valence-electron chi connectivity index (χ0n) is 19.6. The SMILES string of the molecule is Cc1c(F)cccc1-c1nc(N[S+]([O-])c2cccc(N3CCN(C4CC4)CC3)n2)ccc1C(F)(F)F. The number of alkyl halides is 3. The maximum Gasteiger partial charge on any atom is 0.418 e. The van der Waals surface area contributed by atoms with Gasteiger partial charge in [-0.1, -0.05) is 18.2 Å². The fourth-order valence-corrected chi connectivity index (χ4v) is 5.19. The van der Waals surface area contributed by atoms with Crippen molar-refractivity contribution in [2.75, 3.05) is 35.8 Å². The molecule has 0 bridgehead atoms. The van der Waals surface area contributed by atoms with Crippen molar-refractivity contribution >= 4 is 23.0 Å². The van der Waals surface area contributed by atoms with Crippen molar-refractivity contribution in [2.45, 2.75) is 37.0 Å². The second-order valence-electron chi connectivity index (χ2n) is 8.96. The second-order valence-corrected chi connectivity index (χ2v) is 10.1. The summed E-state index contributed by atoms with van der Waals surface area (Å²) >= 11 is -1.87. The summed E-state index contributed by atoms with van der Waals surface area (Å²) in [5.41, 5.74) is -1.37. The third kappa shape index (κ3) is 5.28.